The van der Waals surface area contributed by atoms with Gasteiger partial charge in [-0.1, -0.05) is 43.2 Å². The highest BCUT2D eigenvalue weighted by Gasteiger charge is 2.21. The summed E-state index contributed by atoms with van der Waals surface area (Å²) >= 11 is 0. The molecule has 3 heteroatoms. The van der Waals surface area contributed by atoms with E-state index in [-0.39, 0.29) is 5.91 Å². The molecule has 1 saturated heterocycles. The fraction of sp³-hybridized carbons (Fsp3) is 0.533. The zero-order valence-electron chi connectivity index (χ0n) is 10.8. The Bertz CT molecular complexity index is 369. The van der Waals surface area contributed by atoms with Crippen molar-refractivity contribution in [3.63, 3.8) is 0 Å². The molecule has 98 valence electrons. The Morgan fingerprint density at radius 1 is 1.11 bits per heavy atom. The van der Waals surface area contributed by atoms with E-state index in [2.05, 4.69) is 0 Å². The van der Waals surface area contributed by atoms with E-state index in [0.717, 1.165) is 31.5 Å². The normalized spacial score (nSPS) is 18.2. The minimum atomic E-state index is -0.398. The lowest BCUT2D eigenvalue weighted by Gasteiger charge is -2.24. The van der Waals surface area contributed by atoms with E-state index in [9.17, 15) is 4.79 Å². The van der Waals surface area contributed by atoms with Crippen LogP contribution in [0, 0.1) is 0 Å². The van der Waals surface area contributed by atoms with Crippen LogP contribution in [0.5, 0.6) is 0 Å². The van der Waals surface area contributed by atoms with Crippen molar-refractivity contribution in [1.82, 2.24) is 4.90 Å². The van der Waals surface area contributed by atoms with Gasteiger partial charge in [-0.25, -0.2) is 0 Å². The van der Waals surface area contributed by atoms with E-state index in [1.807, 2.05) is 35.2 Å². The van der Waals surface area contributed by atoms with Gasteiger partial charge in [0.05, 0.1) is 6.04 Å². The van der Waals surface area contributed by atoms with Crippen molar-refractivity contribution in [3.8, 4) is 0 Å². The lowest BCUT2D eigenvalue weighted by molar-refractivity contribution is -0.132. The van der Waals surface area contributed by atoms with E-state index in [4.69, 9.17) is 5.73 Å². The van der Waals surface area contributed by atoms with Crippen LogP contribution in [0.1, 0.15) is 31.2 Å². The van der Waals surface area contributed by atoms with Crippen molar-refractivity contribution in [2.45, 2.75) is 38.1 Å². The van der Waals surface area contributed by atoms with Crippen molar-refractivity contribution in [2.75, 3.05) is 13.1 Å². The first kappa shape index (κ1) is 13.1. The van der Waals surface area contributed by atoms with Gasteiger partial charge < -0.3 is 10.6 Å². The maximum Gasteiger partial charge on any atom is 0.239 e. The van der Waals surface area contributed by atoms with Crippen LogP contribution in [0.4, 0.5) is 0 Å². The number of amides is 1. The van der Waals surface area contributed by atoms with Crippen LogP contribution in [0.15, 0.2) is 30.3 Å². The number of hydrogen-bond acceptors (Lipinski definition) is 2. The molecule has 1 aromatic rings. The molecule has 1 heterocycles. The molecule has 1 fully saturated rings. The van der Waals surface area contributed by atoms with Gasteiger partial charge >= 0.3 is 0 Å². The molecule has 3 nitrogen and oxygen atoms in total. The first-order valence-corrected chi connectivity index (χ1v) is 6.85. The van der Waals surface area contributed by atoms with Gasteiger partial charge in [0, 0.05) is 13.1 Å². The van der Waals surface area contributed by atoms with Gasteiger partial charge in [0.1, 0.15) is 0 Å². The highest BCUT2D eigenvalue weighted by molar-refractivity contribution is 5.82. The Kier molecular flexibility index (Phi) is 4.76. The molecule has 0 bridgehead atoms. The summed E-state index contributed by atoms with van der Waals surface area (Å²) < 4.78 is 0. The quantitative estimate of drug-likeness (QED) is 0.886. The largest absolute Gasteiger partial charge is 0.341 e. The first-order chi connectivity index (χ1) is 8.77. The molecular formula is C15H22N2O. The third kappa shape index (κ3) is 3.57. The maximum absolute atomic E-state index is 12.3. The maximum atomic E-state index is 12.3. The molecule has 1 aromatic carbocycles. The number of likely N-dealkylation sites (tertiary alicyclic amines) is 1. The van der Waals surface area contributed by atoms with E-state index in [1.165, 1.54) is 12.8 Å². The zero-order valence-corrected chi connectivity index (χ0v) is 10.8. The first-order valence-electron chi connectivity index (χ1n) is 6.85. The summed E-state index contributed by atoms with van der Waals surface area (Å²) in [5.41, 5.74) is 7.17. The summed E-state index contributed by atoms with van der Waals surface area (Å²) in [6.45, 7) is 1.75. The van der Waals surface area contributed by atoms with Crippen molar-refractivity contribution < 1.29 is 4.79 Å². The Hall–Kier alpha value is -1.35. The van der Waals surface area contributed by atoms with Crippen LogP contribution >= 0.6 is 0 Å². The second-order valence-corrected chi connectivity index (χ2v) is 5.04. The molecule has 0 radical (unpaired) electrons. The zero-order chi connectivity index (χ0) is 12.8. The van der Waals surface area contributed by atoms with Crippen LogP contribution in [-0.2, 0) is 11.2 Å². The predicted molar refractivity (Wildman–Crippen MR) is 73.2 cm³/mol. The molecule has 18 heavy (non-hydrogen) atoms. The molecule has 0 unspecified atom stereocenters. The molecule has 1 atom stereocenters. The Morgan fingerprint density at radius 3 is 2.33 bits per heavy atom. The van der Waals surface area contributed by atoms with Gasteiger partial charge in [-0.05, 0) is 24.8 Å². The number of nitrogens with two attached hydrogens (primary N) is 1. The van der Waals surface area contributed by atoms with Crippen LogP contribution in [0.25, 0.3) is 0 Å². The predicted octanol–water partition coefficient (Wildman–Crippen LogP) is 1.96. The Balaban J connectivity index is 1.91. The van der Waals surface area contributed by atoms with Crippen molar-refractivity contribution in [2.24, 2.45) is 5.73 Å². The second-order valence-electron chi connectivity index (χ2n) is 5.04. The molecule has 2 N–H and O–H groups in total. The van der Waals surface area contributed by atoms with E-state index in [0.29, 0.717) is 6.42 Å². The number of rotatable bonds is 3. The van der Waals surface area contributed by atoms with Crippen LogP contribution in [0.2, 0.25) is 0 Å². The fourth-order valence-corrected chi connectivity index (χ4v) is 2.48. The molecule has 0 aliphatic carbocycles. The summed E-state index contributed by atoms with van der Waals surface area (Å²) in [5, 5.41) is 0. The highest BCUT2D eigenvalue weighted by Crippen LogP contribution is 2.11. The summed E-state index contributed by atoms with van der Waals surface area (Å²) in [4.78, 5) is 14.2. The minimum Gasteiger partial charge on any atom is -0.341 e. The van der Waals surface area contributed by atoms with Gasteiger partial charge in [0.2, 0.25) is 5.91 Å². The number of hydrogen-bond donors (Lipinski definition) is 1. The van der Waals surface area contributed by atoms with E-state index >= 15 is 0 Å². The SMILES string of the molecule is N[C@@H](Cc1ccccc1)C(=O)N1CCCCCC1. The third-order valence-corrected chi connectivity index (χ3v) is 3.53. The Morgan fingerprint density at radius 2 is 1.72 bits per heavy atom. The summed E-state index contributed by atoms with van der Waals surface area (Å²) in [6, 6.07) is 9.60. The van der Waals surface area contributed by atoms with Crippen molar-refractivity contribution in [1.29, 1.82) is 0 Å². The Labute approximate surface area is 109 Å². The van der Waals surface area contributed by atoms with Gasteiger partial charge in [0.25, 0.3) is 0 Å². The van der Waals surface area contributed by atoms with Crippen LogP contribution in [0.3, 0.4) is 0 Å². The molecule has 0 saturated carbocycles. The smallest absolute Gasteiger partial charge is 0.239 e. The number of carbonyl (C=O) groups is 1. The van der Waals surface area contributed by atoms with Crippen molar-refractivity contribution >= 4 is 5.91 Å². The van der Waals surface area contributed by atoms with Gasteiger partial charge in [-0.15, -0.1) is 0 Å². The molecule has 1 amide bonds. The molecule has 1 aliphatic rings. The van der Waals surface area contributed by atoms with Gasteiger partial charge in [-0.3, -0.25) is 4.79 Å². The molecule has 0 aromatic heterocycles. The number of carbonyl (C=O) groups excluding carboxylic acids is 1. The number of benzene rings is 1. The average molecular weight is 246 g/mol. The summed E-state index contributed by atoms with van der Waals surface area (Å²) in [6.07, 6.45) is 5.33. The van der Waals surface area contributed by atoms with Crippen LogP contribution in [-0.4, -0.2) is 29.9 Å². The second kappa shape index (κ2) is 6.55. The lowest BCUT2D eigenvalue weighted by Crippen LogP contribution is -2.45. The fourth-order valence-electron chi connectivity index (χ4n) is 2.48. The van der Waals surface area contributed by atoms with Crippen molar-refractivity contribution in [3.05, 3.63) is 35.9 Å². The molecular weight excluding hydrogens is 224 g/mol. The van der Waals surface area contributed by atoms with Gasteiger partial charge in [-0.2, -0.15) is 0 Å². The molecule has 0 spiro atoms. The van der Waals surface area contributed by atoms with E-state index in [1.54, 1.807) is 0 Å². The highest BCUT2D eigenvalue weighted by atomic mass is 16.2. The average Bonchev–Trinajstić information content (AvgIpc) is 2.68. The lowest BCUT2D eigenvalue weighted by atomic mass is 10.1. The number of nitrogens with zero attached hydrogens (tertiary/aromatic N) is 1. The minimum absolute atomic E-state index is 0.112. The third-order valence-electron chi connectivity index (χ3n) is 3.53. The summed E-state index contributed by atoms with van der Waals surface area (Å²) in [7, 11) is 0. The topological polar surface area (TPSA) is 46.3 Å². The standard InChI is InChI=1S/C15H22N2O/c16-14(12-13-8-4-3-5-9-13)15(18)17-10-6-1-2-7-11-17/h3-5,8-9,14H,1-2,6-7,10-12,16H2/t14-/m0/s1. The van der Waals surface area contributed by atoms with E-state index < -0.39 is 6.04 Å². The van der Waals surface area contributed by atoms with Gasteiger partial charge in [0.15, 0.2) is 0 Å². The monoisotopic (exact) mass is 246 g/mol. The molecule has 2 rings (SSSR count). The molecule has 1 aliphatic heterocycles. The van der Waals surface area contributed by atoms with Crippen LogP contribution < -0.4 is 5.73 Å². The summed E-state index contributed by atoms with van der Waals surface area (Å²) in [5.74, 6) is 0.112.